The molecular weight excluding hydrogens is 386 g/mol. The average molecular weight is 426 g/mol. The molecule has 5 nitrogen and oxygen atoms in total. The van der Waals surface area contributed by atoms with Gasteiger partial charge in [0.05, 0.1) is 5.60 Å². The van der Waals surface area contributed by atoms with Crippen LogP contribution in [0.2, 0.25) is 0 Å². The van der Waals surface area contributed by atoms with Crippen LogP contribution in [0.25, 0.3) is 0 Å². The first-order chi connectivity index (χ1) is 15.2. The largest absolute Gasteiger partial charge is 0.375 e. The summed E-state index contributed by atoms with van der Waals surface area (Å²) in [5.74, 6) is 1.04. The average Bonchev–Trinajstić information content (AvgIpc) is 3.33. The van der Waals surface area contributed by atoms with Gasteiger partial charge in [-0.3, -0.25) is 9.69 Å². The Morgan fingerprint density at radius 3 is 2.35 bits per heavy atom. The number of benzene rings is 1. The summed E-state index contributed by atoms with van der Waals surface area (Å²) >= 11 is 0. The quantitative estimate of drug-likeness (QED) is 0.732. The van der Waals surface area contributed by atoms with E-state index >= 15 is 0 Å². The Kier molecular flexibility index (Phi) is 6.51. The zero-order valence-electron chi connectivity index (χ0n) is 19.0. The highest BCUT2D eigenvalue weighted by Crippen LogP contribution is 2.38. The van der Waals surface area contributed by atoms with E-state index in [0.29, 0.717) is 17.9 Å². The molecular formula is C26H39N3O2. The van der Waals surface area contributed by atoms with Crippen LogP contribution in [0.4, 0.5) is 5.69 Å². The van der Waals surface area contributed by atoms with Gasteiger partial charge in [0.15, 0.2) is 0 Å². The number of para-hydroxylation sites is 1. The van der Waals surface area contributed by atoms with Gasteiger partial charge in [-0.15, -0.1) is 0 Å². The van der Waals surface area contributed by atoms with Crippen molar-refractivity contribution in [3.05, 3.63) is 30.3 Å². The highest BCUT2D eigenvalue weighted by molar-refractivity contribution is 5.76. The smallest absolute Gasteiger partial charge is 0.222 e. The molecule has 1 saturated carbocycles. The van der Waals surface area contributed by atoms with Crippen LogP contribution in [0.15, 0.2) is 30.3 Å². The molecule has 3 heterocycles. The van der Waals surface area contributed by atoms with Gasteiger partial charge in [0.25, 0.3) is 0 Å². The second kappa shape index (κ2) is 9.50. The predicted molar refractivity (Wildman–Crippen MR) is 124 cm³/mol. The van der Waals surface area contributed by atoms with Crippen LogP contribution in [0.3, 0.4) is 0 Å². The first kappa shape index (κ1) is 21.3. The number of amides is 1. The zero-order chi connectivity index (χ0) is 21.1. The molecule has 1 spiro atoms. The molecule has 0 bridgehead atoms. The van der Waals surface area contributed by atoms with Gasteiger partial charge in [-0.25, -0.2) is 0 Å². The molecule has 3 aliphatic heterocycles. The Morgan fingerprint density at radius 2 is 1.65 bits per heavy atom. The van der Waals surface area contributed by atoms with Crippen molar-refractivity contribution in [1.29, 1.82) is 0 Å². The van der Waals surface area contributed by atoms with Gasteiger partial charge < -0.3 is 14.5 Å². The topological polar surface area (TPSA) is 36.0 Å². The fourth-order valence-corrected chi connectivity index (χ4v) is 6.40. The number of piperidine rings is 1. The maximum atomic E-state index is 12.8. The molecule has 0 unspecified atom stereocenters. The van der Waals surface area contributed by atoms with E-state index in [4.69, 9.17) is 4.74 Å². The summed E-state index contributed by atoms with van der Waals surface area (Å²) in [6.07, 6.45) is 10.2. The zero-order valence-corrected chi connectivity index (χ0v) is 19.0. The van der Waals surface area contributed by atoms with E-state index in [1.54, 1.807) is 0 Å². The molecule has 4 fully saturated rings. The van der Waals surface area contributed by atoms with E-state index in [0.717, 1.165) is 78.0 Å². The van der Waals surface area contributed by atoms with E-state index in [-0.39, 0.29) is 5.60 Å². The highest BCUT2D eigenvalue weighted by Gasteiger charge is 2.43. The molecule has 0 radical (unpaired) electrons. The number of ether oxygens (including phenoxy) is 1. The molecule has 5 rings (SSSR count). The molecule has 4 aliphatic rings. The number of carbonyl (C=O) groups excluding carboxylic acids is 1. The fourth-order valence-electron chi connectivity index (χ4n) is 6.40. The summed E-state index contributed by atoms with van der Waals surface area (Å²) in [4.78, 5) is 20.1. The lowest BCUT2D eigenvalue weighted by Gasteiger charge is -2.50. The van der Waals surface area contributed by atoms with E-state index < -0.39 is 0 Å². The van der Waals surface area contributed by atoms with Crippen molar-refractivity contribution in [2.45, 2.75) is 69.4 Å². The molecule has 1 amide bonds. The summed E-state index contributed by atoms with van der Waals surface area (Å²) in [5, 5.41) is 0. The van der Waals surface area contributed by atoms with Crippen LogP contribution in [0.1, 0.15) is 57.8 Å². The maximum Gasteiger partial charge on any atom is 0.222 e. The third-order valence-corrected chi connectivity index (χ3v) is 8.38. The molecule has 5 heteroatoms. The molecule has 1 aliphatic carbocycles. The standard InChI is InChI=1S/C26H39N3O2/c30-25(20-22-6-4-5-7-22)29-13-11-26(12-14-29)21-24(10-19-31-26)28-17-15-27(16-18-28)23-8-2-1-3-9-23/h1-3,8-9,22,24H,4-7,10-21H2/t24-/m1/s1. The minimum absolute atomic E-state index is 0.00359. The van der Waals surface area contributed by atoms with Crippen LogP contribution in [0.5, 0.6) is 0 Å². The van der Waals surface area contributed by atoms with Crippen molar-refractivity contribution in [1.82, 2.24) is 9.80 Å². The van der Waals surface area contributed by atoms with Gasteiger partial charge in [0.1, 0.15) is 0 Å². The minimum Gasteiger partial charge on any atom is -0.375 e. The number of hydrogen-bond donors (Lipinski definition) is 0. The second-order valence-electron chi connectivity index (χ2n) is 10.3. The van der Waals surface area contributed by atoms with Gasteiger partial charge >= 0.3 is 0 Å². The van der Waals surface area contributed by atoms with Crippen molar-refractivity contribution < 1.29 is 9.53 Å². The molecule has 31 heavy (non-hydrogen) atoms. The van der Waals surface area contributed by atoms with E-state index in [2.05, 4.69) is 45.0 Å². The van der Waals surface area contributed by atoms with E-state index in [1.165, 1.54) is 31.4 Å². The van der Waals surface area contributed by atoms with E-state index in [1.807, 2.05) is 0 Å². The van der Waals surface area contributed by atoms with Crippen LogP contribution in [0, 0.1) is 5.92 Å². The van der Waals surface area contributed by atoms with Crippen LogP contribution >= 0.6 is 0 Å². The van der Waals surface area contributed by atoms with Gasteiger partial charge in [-0.2, -0.15) is 0 Å². The van der Waals surface area contributed by atoms with Crippen molar-refractivity contribution >= 4 is 11.6 Å². The molecule has 1 aromatic rings. The van der Waals surface area contributed by atoms with Crippen LogP contribution in [-0.4, -0.2) is 73.2 Å². The lowest BCUT2D eigenvalue weighted by Crippen LogP contribution is -2.57. The van der Waals surface area contributed by atoms with Crippen molar-refractivity contribution in [3.8, 4) is 0 Å². The van der Waals surface area contributed by atoms with Gasteiger partial charge in [0, 0.05) is 64.0 Å². The minimum atomic E-state index is 0.00359. The first-order valence-corrected chi connectivity index (χ1v) is 12.7. The van der Waals surface area contributed by atoms with E-state index in [9.17, 15) is 4.79 Å². The number of piperazine rings is 1. The Balaban J connectivity index is 1.11. The summed E-state index contributed by atoms with van der Waals surface area (Å²) < 4.78 is 6.40. The number of hydrogen-bond acceptors (Lipinski definition) is 4. The summed E-state index contributed by atoms with van der Waals surface area (Å²) in [6, 6.07) is 11.4. The first-order valence-electron chi connectivity index (χ1n) is 12.7. The number of rotatable bonds is 4. The van der Waals surface area contributed by atoms with Crippen molar-refractivity contribution in [3.63, 3.8) is 0 Å². The Morgan fingerprint density at radius 1 is 0.935 bits per heavy atom. The number of carbonyl (C=O) groups is 1. The van der Waals surface area contributed by atoms with Crippen molar-refractivity contribution in [2.75, 3.05) is 50.8 Å². The molecule has 170 valence electrons. The normalized spacial score (nSPS) is 27.7. The predicted octanol–water partition coefficient (Wildman–Crippen LogP) is 3.93. The number of anilines is 1. The van der Waals surface area contributed by atoms with Gasteiger partial charge in [-0.1, -0.05) is 31.0 Å². The van der Waals surface area contributed by atoms with Crippen molar-refractivity contribution in [2.24, 2.45) is 5.92 Å². The highest BCUT2D eigenvalue weighted by atomic mass is 16.5. The Labute approximate surface area is 187 Å². The van der Waals surface area contributed by atoms with Gasteiger partial charge in [0.2, 0.25) is 5.91 Å². The molecule has 3 saturated heterocycles. The second-order valence-corrected chi connectivity index (χ2v) is 10.3. The maximum absolute atomic E-state index is 12.8. The van der Waals surface area contributed by atoms with Crippen LogP contribution in [-0.2, 0) is 9.53 Å². The summed E-state index contributed by atoms with van der Waals surface area (Å²) in [7, 11) is 0. The molecule has 0 aromatic heterocycles. The van der Waals surface area contributed by atoms with Gasteiger partial charge in [-0.05, 0) is 56.6 Å². The third-order valence-electron chi connectivity index (χ3n) is 8.38. The lowest BCUT2D eigenvalue weighted by molar-refractivity contribution is -0.150. The monoisotopic (exact) mass is 425 g/mol. The van der Waals surface area contributed by atoms with Crippen LogP contribution < -0.4 is 4.90 Å². The molecule has 1 aromatic carbocycles. The summed E-state index contributed by atoms with van der Waals surface area (Å²) in [5.41, 5.74) is 1.35. The Bertz CT molecular complexity index is 717. The fraction of sp³-hybridized carbons (Fsp3) is 0.731. The molecule has 0 N–H and O–H groups in total. The SMILES string of the molecule is O=C(CC1CCCC1)N1CCC2(CC1)C[C@H](N1CCN(c3ccccc3)CC1)CCO2. The number of likely N-dealkylation sites (tertiary alicyclic amines) is 1. The Hall–Kier alpha value is -1.59. The molecule has 1 atom stereocenters. The number of nitrogens with zero attached hydrogens (tertiary/aromatic N) is 3. The lowest BCUT2D eigenvalue weighted by atomic mass is 9.81. The summed E-state index contributed by atoms with van der Waals surface area (Å²) in [6.45, 7) is 7.15. The third kappa shape index (κ3) is 4.93.